The third-order valence-electron chi connectivity index (χ3n) is 4.54. The second-order valence-corrected chi connectivity index (χ2v) is 5.85. The first-order chi connectivity index (χ1) is 9.72. The maximum Gasteiger partial charge on any atom is 0.230 e. The van der Waals surface area contributed by atoms with Crippen molar-refractivity contribution in [2.75, 3.05) is 13.1 Å². The van der Waals surface area contributed by atoms with Crippen LogP contribution in [0.2, 0.25) is 0 Å². The summed E-state index contributed by atoms with van der Waals surface area (Å²) in [6, 6.07) is 10.2. The summed E-state index contributed by atoms with van der Waals surface area (Å²) < 4.78 is 0. The number of benzene rings is 1. The van der Waals surface area contributed by atoms with Crippen LogP contribution in [0.4, 0.5) is 0 Å². The Bertz CT molecular complexity index is 424. The first kappa shape index (κ1) is 15.0. The highest BCUT2D eigenvalue weighted by atomic mass is 16.2. The normalized spacial score (nSPS) is 17.7. The Morgan fingerprint density at radius 1 is 1.20 bits per heavy atom. The lowest BCUT2D eigenvalue weighted by Crippen LogP contribution is -2.48. The molecule has 1 saturated carbocycles. The van der Waals surface area contributed by atoms with Crippen LogP contribution in [-0.2, 0) is 11.3 Å². The Balaban J connectivity index is 2.11. The number of hydrogen-bond donors (Lipinski definition) is 1. The maximum absolute atomic E-state index is 12.9. The van der Waals surface area contributed by atoms with E-state index in [1.165, 1.54) is 12.0 Å². The molecule has 0 saturated heterocycles. The van der Waals surface area contributed by atoms with E-state index in [1.807, 2.05) is 30.0 Å². The van der Waals surface area contributed by atoms with Crippen molar-refractivity contribution in [3.8, 4) is 0 Å². The van der Waals surface area contributed by atoms with Crippen molar-refractivity contribution >= 4 is 5.91 Å². The summed E-state index contributed by atoms with van der Waals surface area (Å²) in [5, 5.41) is 0. The van der Waals surface area contributed by atoms with Crippen molar-refractivity contribution < 1.29 is 4.79 Å². The molecule has 1 aliphatic carbocycles. The molecule has 2 rings (SSSR count). The Hall–Kier alpha value is -1.35. The lowest BCUT2D eigenvalue weighted by atomic mass is 9.73. The van der Waals surface area contributed by atoms with Gasteiger partial charge in [-0.1, -0.05) is 49.6 Å². The van der Waals surface area contributed by atoms with Gasteiger partial charge in [0.1, 0.15) is 0 Å². The number of nitrogens with zero attached hydrogens (tertiary/aromatic N) is 1. The van der Waals surface area contributed by atoms with Gasteiger partial charge in [0.2, 0.25) is 5.91 Å². The van der Waals surface area contributed by atoms with Crippen LogP contribution in [0.1, 0.15) is 44.6 Å². The molecular weight excluding hydrogens is 248 g/mol. The van der Waals surface area contributed by atoms with E-state index in [-0.39, 0.29) is 11.3 Å². The number of carbonyl (C=O) groups excluding carboxylic acids is 1. The molecule has 1 amide bonds. The molecule has 1 fully saturated rings. The lowest BCUT2D eigenvalue weighted by molar-refractivity contribution is -0.144. The minimum Gasteiger partial charge on any atom is -0.338 e. The average Bonchev–Trinajstić information content (AvgIpc) is 2.53. The number of carbonyl (C=O) groups is 1. The predicted molar refractivity (Wildman–Crippen MR) is 82.1 cm³/mol. The van der Waals surface area contributed by atoms with Crippen LogP contribution in [0.3, 0.4) is 0 Å². The minimum absolute atomic E-state index is 0.256. The molecule has 110 valence electrons. The van der Waals surface area contributed by atoms with Crippen LogP contribution in [0.5, 0.6) is 0 Å². The van der Waals surface area contributed by atoms with E-state index in [2.05, 4.69) is 12.1 Å². The molecule has 0 spiro atoms. The third-order valence-corrected chi connectivity index (χ3v) is 4.54. The molecule has 0 aliphatic heterocycles. The zero-order valence-corrected chi connectivity index (χ0v) is 12.5. The molecule has 3 nitrogen and oxygen atoms in total. The first-order valence-corrected chi connectivity index (χ1v) is 7.75. The van der Waals surface area contributed by atoms with E-state index in [0.717, 1.165) is 32.2 Å². The highest BCUT2D eigenvalue weighted by Gasteiger charge is 2.40. The van der Waals surface area contributed by atoms with Crippen LogP contribution in [-0.4, -0.2) is 23.9 Å². The molecule has 1 aromatic carbocycles. The van der Waals surface area contributed by atoms with Gasteiger partial charge < -0.3 is 10.6 Å². The summed E-state index contributed by atoms with van der Waals surface area (Å²) >= 11 is 0. The molecule has 0 unspecified atom stereocenters. The van der Waals surface area contributed by atoms with Gasteiger partial charge >= 0.3 is 0 Å². The van der Waals surface area contributed by atoms with Gasteiger partial charge in [0.25, 0.3) is 0 Å². The second kappa shape index (κ2) is 6.89. The Morgan fingerprint density at radius 2 is 1.85 bits per heavy atom. The van der Waals surface area contributed by atoms with Crippen molar-refractivity contribution in [3.05, 3.63) is 35.9 Å². The molecule has 0 heterocycles. The molecule has 0 bridgehead atoms. The molecular formula is C17H26N2O. The quantitative estimate of drug-likeness (QED) is 0.897. The summed E-state index contributed by atoms with van der Waals surface area (Å²) in [5.74, 6) is 0.256. The number of nitrogens with two attached hydrogens (primary N) is 1. The SMILES string of the molecule is CCN(Cc1ccccc1)C(=O)C1(CN)CCCCC1. The van der Waals surface area contributed by atoms with E-state index >= 15 is 0 Å². The van der Waals surface area contributed by atoms with Gasteiger partial charge in [0.15, 0.2) is 0 Å². The highest BCUT2D eigenvalue weighted by molar-refractivity contribution is 5.83. The Labute approximate surface area is 122 Å². The van der Waals surface area contributed by atoms with Crippen molar-refractivity contribution in [1.82, 2.24) is 4.90 Å². The second-order valence-electron chi connectivity index (χ2n) is 5.85. The van der Waals surface area contributed by atoms with Gasteiger partial charge in [0, 0.05) is 19.6 Å². The van der Waals surface area contributed by atoms with Crippen LogP contribution in [0, 0.1) is 5.41 Å². The third kappa shape index (κ3) is 3.21. The van der Waals surface area contributed by atoms with E-state index in [4.69, 9.17) is 5.73 Å². The predicted octanol–water partition coefficient (Wildman–Crippen LogP) is 2.94. The van der Waals surface area contributed by atoms with E-state index in [1.54, 1.807) is 0 Å². The molecule has 2 N–H and O–H groups in total. The molecule has 20 heavy (non-hydrogen) atoms. The van der Waals surface area contributed by atoms with Crippen molar-refractivity contribution in [2.45, 2.75) is 45.6 Å². The van der Waals surface area contributed by atoms with Crippen LogP contribution in [0.25, 0.3) is 0 Å². The molecule has 1 aliphatic rings. The first-order valence-electron chi connectivity index (χ1n) is 7.75. The summed E-state index contributed by atoms with van der Waals surface area (Å²) in [4.78, 5) is 14.9. The number of amides is 1. The molecule has 1 aromatic rings. The molecule has 0 radical (unpaired) electrons. The van der Waals surface area contributed by atoms with Gasteiger partial charge in [-0.25, -0.2) is 0 Å². The van der Waals surface area contributed by atoms with Crippen molar-refractivity contribution in [3.63, 3.8) is 0 Å². The standard InChI is InChI=1S/C17H26N2O/c1-2-19(13-15-9-5-3-6-10-15)16(20)17(14-18)11-7-4-8-12-17/h3,5-6,9-10H,2,4,7-8,11-14,18H2,1H3. The lowest BCUT2D eigenvalue weighted by Gasteiger charge is -2.38. The zero-order chi connectivity index (χ0) is 14.4. The summed E-state index contributed by atoms with van der Waals surface area (Å²) in [6.45, 7) is 3.97. The molecule has 0 atom stereocenters. The van der Waals surface area contributed by atoms with Crippen LogP contribution >= 0.6 is 0 Å². The van der Waals surface area contributed by atoms with E-state index in [9.17, 15) is 4.79 Å². The largest absolute Gasteiger partial charge is 0.338 e. The van der Waals surface area contributed by atoms with Crippen molar-refractivity contribution in [2.24, 2.45) is 11.1 Å². The fourth-order valence-corrected chi connectivity index (χ4v) is 3.20. The summed E-state index contributed by atoms with van der Waals surface area (Å²) in [7, 11) is 0. The van der Waals surface area contributed by atoms with Gasteiger partial charge in [-0.2, -0.15) is 0 Å². The van der Waals surface area contributed by atoms with E-state index < -0.39 is 0 Å². The minimum atomic E-state index is -0.303. The zero-order valence-electron chi connectivity index (χ0n) is 12.5. The number of hydrogen-bond acceptors (Lipinski definition) is 2. The highest BCUT2D eigenvalue weighted by Crippen LogP contribution is 2.37. The van der Waals surface area contributed by atoms with Gasteiger partial charge in [0.05, 0.1) is 5.41 Å². The fourth-order valence-electron chi connectivity index (χ4n) is 3.20. The van der Waals surface area contributed by atoms with Gasteiger partial charge in [-0.05, 0) is 25.3 Å². The average molecular weight is 274 g/mol. The maximum atomic E-state index is 12.9. The van der Waals surface area contributed by atoms with Crippen molar-refractivity contribution in [1.29, 1.82) is 0 Å². The summed E-state index contributed by atoms with van der Waals surface area (Å²) in [6.07, 6.45) is 5.40. The van der Waals surface area contributed by atoms with Gasteiger partial charge in [-0.15, -0.1) is 0 Å². The topological polar surface area (TPSA) is 46.3 Å². The smallest absolute Gasteiger partial charge is 0.230 e. The Kier molecular flexibility index (Phi) is 5.18. The molecule has 3 heteroatoms. The fraction of sp³-hybridized carbons (Fsp3) is 0.588. The van der Waals surface area contributed by atoms with Crippen LogP contribution in [0.15, 0.2) is 30.3 Å². The van der Waals surface area contributed by atoms with Gasteiger partial charge in [-0.3, -0.25) is 4.79 Å². The number of rotatable bonds is 5. The molecule has 0 aromatic heterocycles. The summed E-state index contributed by atoms with van der Waals surface area (Å²) in [5.41, 5.74) is 6.86. The Morgan fingerprint density at radius 3 is 2.40 bits per heavy atom. The van der Waals surface area contributed by atoms with Crippen LogP contribution < -0.4 is 5.73 Å². The van der Waals surface area contributed by atoms with E-state index in [0.29, 0.717) is 13.1 Å². The monoisotopic (exact) mass is 274 g/mol.